The molecule has 1 atom stereocenters. The SMILES string of the molecule is O=[N+]([O-])c1cn2c(n1)OC[C@@H](OCc1cnn(-c3ccc(C(F)(F)F)cc3)n1)C2. The third-order valence-corrected chi connectivity index (χ3v) is 4.14. The van der Waals surface area contributed by atoms with Crippen molar-refractivity contribution >= 4 is 5.82 Å². The Morgan fingerprint density at radius 2 is 2.07 bits per heavy atom. The van der Waals surface area contributed by atoms with Gasteiger partial charge in [-0.1, -0.05) is 0 Å². The van der Waals surface area contributed by atoms with Crippen LogP contribution in [0.25, 0.3) is 5.69 Å². The number of alkyl halides is 3. The molecule has 1 aromatic carbocycles. The first-order valence-corrected chi connectivity index (χ1v) is 8.34. The zero-order valence-electron chi connectivity index (χ0n) is 14.6. The average molecular weight is 410 g/mol. The molecule has 152 valence electrons. The van der Waals surface area contributed by atoms with Crippen LogP contribution in [0.1, 0.15) is 11.3 Å². The van der Waals surface area contributed by atoms with Crippen molar-refractivity contribution in [1.29, 1.82) is 0 Å². The van der Waals surface area contributed by atoms with Crippen LogP contribution in [0, 0.1) is 10.1 Å². The number of fused-ring (bicyclic) bond motifs is 1. The van der Waals surface area contributed by atoms with E-state index in [9.17, 15) is 23.3 Å². The number of hydrogen-bond donors (Lipinski definition) is 0. The molecule has 10 nitrogen and oxygen atoms in total. The van der Waals surface area contributed by atoms with Crippen LogP contribution in [0.2, 0.25) is 0 Å². The zero-order chi connectivity index (χ0) is 20.6. The number of hydrogen-bond acceptors (Lipinski definition) is 7. The molecule has 0 N–H and O–H groups in total. The Hall–Kier alpha value is -3.48. The highest BCUT2D eigenvalue weighted by Gasteiger charge is 2.30. The molecule has 0 unspecified atom stereocenters. The van der Waals surface area contributed by atoms with Gasteiger partial charge in [0.05, 0.1) is 30.6 Å². The summed E-state index contributed by atoms with van der Waals surface area (Å²) in [4.78, 5) is 15.1. The minimum Gasteiger partial charge on any atom is -0.443 e. The van der Waals surface area contributed by atoms with Crippen LogP contribution in [-0.2, 0) is 24.1 Å². The van der Waals surface area contributed by atoms with Crippen LogP contribution in [0.3, 0.4) is 0 Å². The molecule has 2 aromatic heterocycles. The quantitative estimate of drug-likeness (QED) is 0.469. The molecule has 3 heterocycles. The Balaban J connectivity index is 1.37. The lowest BCUT2D eigenvalue weighted by Gasteiger charge is -2.21. The average Bonchev–Trinajstić information content (AvgIpc) is 3.32. The summed E-state index contributed by atoms with van der Waals surface area (Å²) in [6.07, 6.45) is -2.08. The van der Waals surface area contributed by atoms with E-state index < -0.39 is 16.7 Å². The maximum absolute atomic E-state index is 12.6. The van der Waals surface area contributed by atoms with E-state index in [0.29, 0.717) is 17.9 Å². The number of benzene rings is 1. The van der Waals surface area contributed by atoms with E-state index >= 15 is 0 Å². The standard InChI is InChI=1S/C16H13F3N6O4/c17-16(18,19)10-1-3-12(4-2-10)24-20-5-11(22-24)8-28-13-6-23-7-14(25(26)27)21-15(23)29-9-13/h1-5,7,13H,6,8-9H2/t13-/m0/s1. The molecule has 29 heavy (non-hydrogen) atoms. The van der Waals surface area contributed by atoms with E-state index in [1.807, 2.05) is 0 Å². The second kappa shape index (κ2) is 7.16. The molecular formula is C16H13F3N6O4. The lowest BCUT2D eigenvalue weighted by Crippen LogP contribution is -2.32. The van der Waals surface area contributed by atoms with E-state index in [-0.39, 0.29) is 31.1 Å². The van der Waals surface area contributed by atoms with Crippen LogP contribution < -0.4 is 4.74 Å². The van der Waals surface area contributed by atoms with Crippen molar-refractivity contribution < 1.29 is 27.6 Å². The summed E-state index contributed by atoms with van der Waals surface area (Å²) in [6, 6.07) is 4.61. The number of imidazole rings is 1. The van der Waals surface area contributed by atoms with Crippen molar-refractivity contribution in [3.63, 3.8) is 0 Å². The van der Waals surface area contributed by atoms with Crippen LogP contribution in [0.4, 0.5) is 19.0 Å². The highest BCUT2D eigenvalue weighted by Crippen LogP contribution is 2.29. The summed E-state index contributed by atoms with van der Waals surface area (Å²) in [6.45, 7) is 0.575. The van der Waals surface area contributed by atoms with Crippen LogP contribution >= 0.6 is 0 Å². The molecule has 1 aliphatic rings. The van der Waals surface area contributed by atoms with E-state index in [1.54, 1.807) is 0 Å². The van der Waals surface area contributed by atoms with E-state index in [1.165, 1.54) is 33.9 Å². The molecule has 0 aliphatic carbocycles. The summed E-state index contributed by atoms with van der Waals surface area (Å²) in [7, 11) is 0. The minimum absolute atomic E-state index is 0.0841. The molecule has 0 saturated heterocycles. The fraction of sp³-hybridized carbons (Fsp3) is 0.312. The maximum atomic E-state index is 12.6. The molecule has 0 saturated carbocycles. The third-order valence-electron chi connectivity index (χ3n) is 4.14. The fourth-order valence-corrected chi connectivity index (χ4v) is 2.73. The summed E-state index contributed by atoms with van der Waals surface area (Å²) in [5.41, 5.74) is 0.0845. The van der Waals surface area contributed by atoms with Gasteiger partial charge in [-0.15, -0.1) is 0 Å². The molecule has 0 radical (unpaired) electrons. The minimum atomic E-state index is -4.41. The molecule has 0 spiro atoms. The zero-order valence-corrected chi connectivity index (χ0v) is 14.6. The normalized spacial score (nSPS) is 16.3. The first-order chi connectivity index (χ1) is 13.8. The lowest BCUT2D eigenvalue weighted by atomic mass is 10.2. The molecule has 0 bridgehead atoms. The van der Waals surface area contributed by atoms with Gasteiger partial charge in [-0.05, 0) is 29.2 Å². The number of nitro groups is 1. The van der Waals surface area contributed by atoms with Gasteiger partial charge in [0.1, 0.15) is 24.6 Å². The van der Waals surface area contributed by atoms with Crippen molar-refractivity contribution in [2.45, 2.75) is 25.4 Å². The van der Waals surface area contributed by atoms with Gasteiger partial charge in [0.15, 0.2) is 0 Å². The Kier molecular flexibility index (Phi) is 4.66. The number of halogens is 3. The number of ether oxygens (including phenoxy) is 2. The van der Waals surface area contributed by atoms with Gasteiger partial charge < -0.3 is 19.6 Å². The van der Waals surface area contributed by atoms with E-state index in [0.717, 1.165) is 12.1 Å². The van der Waals surface area contributed by atoms with Gasteiger partial charge in [0, 0.05) is 4.98 Å². The van der Waals surface area contributed by atoms with E-state index in [4.69, 9.17) is 9.47 Å². The topological polar surface area (TPSA) is 110 Å². The van der Waals surface area contributed by atoms with Gasteiger partial charge in [-0.25, -0.2) is 0 Å². The predicted molar refractivity (Wildman–Crippen MR) is 89.3 cm³/mol. The van der Waals surface area contributed by atoms with Gasteiger partial charge in [-0.2, -0.15) is 28.2 Å². The van der Waals surface area contributed by atoms with E-state index in [2.05, 4.69) is 15.2 Å². The predicted octanol–water partition coefficient (Wildman–Crippen LogP) is 2.37. The maximum Gasteiger partial charge on any atom is 0.416 e. The second-order valence-corrected chi connectivity index (χ2v) is 6.21. The molecule has 13 heteroatoms. The summed E-state index contributed by atoms with van der Waals surface area (Å²) < 4.78 is 50.4. The smallest absolute Gasteiger partial charge is 0.416 e. The number of nitrogens with zero attached hydrogens (tertiary/aromatic N) is 6. The number of aromatic nitrogens is 5. The first-order valence-electron chi connectivity index (χ1n) is 8.34. The first kappa shape index (κ1) is 18.9. The van der Waals surface area contributed by atoms with Crippen molar-refractivity contribution in [2.75, 3.05) is 6.61 Å². The highest BCUT2D eigenvalue weighted by atomic mass is 19.4. The molecule has 1 aliphatic heterocycles. The highest BCUT2D eigenvalue weighted by molar-refractivity contribution is 5.33. The molecule has 0 fully saturated rings. The van der Waals surface area contributed by atoms with Crippen LogP contribution in [0.15, 0.2) is 36.7 Å². The largest absolute Gasteiger partial charge is 0.443 e. The lowest BCUT2D eigenvalue weighted by molar-refractivity contribution is -0.389. The van der Waals surface area contributed by atoms with Crippen molar-refractivity contribution in [2.24, 2.45) is 0 Å². The van der Waals surface area contributed by atoms with Gasteiger partial charge in [-0.3, -0.25) is 4.57 Å². The summed E-state index contributed by atoms with van der Waals surface area (Å²) in [5.74, 6) is -0.305. The Morgan fingerprint density at radius 3 is 2.76 bits per heavy atom. The van der Waals surface area contributed by atoms with Crippen LogP contribution in [0.5, 0.6) is 6.01 Å². The third kappa shape index (κ3) is 4.03. The Labute approximate surface area is 160 Å². The molecule has 3 aromatic rings. The molecular weight excluding hydrogens is 397 g/mol. The fourth-order valence-electron chi connectivity index (χ4n) is 2.73. The monoisotopic (exact) mass is 410 g/mol. The Bertz CT molecular complexity index is 1030. The van der Waals surface area contributed by atoms with Gasteiger partial charge in [0.25, 0.3) is 0 Å². The second-order valence-electron chi connectivity index (χ2n) is 6.21. The van der Waals surface area contributed by atoms with Crippen molar-refractivity contribution in [3.8, 4) is 11.7 Å². The Morgan fingerprint density at radius 1 is 1.31 bits per heavy atom. The molecule has 4 rings (SSSR count). The molecule has 0 amide bonds. The van der Waals surface area contributed by atoms with Crippen LogP contribution in [-0.4, -0.2) is 42.2 Å². The van der Waals surface area contributed by atoms with Crippen molar-refractivity contribution in [3.05, 3.63) is 58.0 Å². The summed E-state index contributed by atoms with van der Waals surface area (Å²) in [5, 5.41) is 19.0. The summed E-state index contributed by atoms with van der Waals surface area (Å²) >= 11 is 0. The van der Waals surface area contributed by atoms with Gasteiger partial charge >= 0.3 is 18.0 Å². The van der Waals surface area contributed by atoms with Gasteiger partial charge in [0.2, 0.25) is 0 Å². The van der Waals surface area contributed by atoms with Crippen molar-refractivity contribution in [1.82, 2.24) is 24.5 Å². The number of rotatable bonds is 5.